The second kappa shape index (κ2) is 7.93. The number of anilines is 1. The number of benzene rings is 1. The maximum Gasteiger partial charge on any atom is 0.138 e. The normalized spacial score (nSPS) is 15.0. The fourth-order valence-electron chi connectivity index (χ4n) is 4.14. The molecular weight excluding hydrogens is 356 g/mol. The van der Waals surface area contributed by atoms with Gasteiger partial charge in [-0.2, -0.15) is 0 Å². The van der Waals surface area contributed by atoms with Gasteiger partial charge in [0.2, 0.25) is 0 Å². The molecule has 0 spiro atoms. The highest BCUT2D eigenvalue weighted by Gasteiger charge is 2.18. The Labute approximate surface area is 173 Å². The molecule has 1 aliphatic heterocycles. The first-order valence-electron chi connectivity index (χ1n) is 10.5. The second-order valence-electron chi connectivity index (χ2n) is 8.50. The summed E-state index contributed by atoms with van der Waals surface area (Å²) >= 11 is 0. The molecule has 1 saturated heterocycles. The quantitative estimate of drug-likeness (QED) is 0.654. The molecule has 4 rings (SSSR count). The lowest BCUT2D eigenvalue weighted by Gasteiger charge is -2.36. The van der Waals surface area contributed by atoms with Crippen molar-refractivity contribution in [2.75, 3.05) is 38.1 Å². The third-order valence-corrected chi connectivity index (χ3v) is 5.67. The first-order valence-corrected chi connectivity index (χ1v) is 10.5. The SMILES string of the molecule is Cc1cc(-c2cnc3[nH]cc(C#CC(C)C)c3c2)cc(C)c1N1CCN(C)CC1. The molecule has 0 unspecified atom stereocenters. The molecule has 0 atom stereocenters. The van der Waals surface area contributed by atoms with Crippen LogP contribution in [0.1, 0.15) is 30.5 Å². The van der Waals surface area contributed by atoms with E-state index in [9.17, 15) is 0 Å². The van der Waals surface area contributed by atoms with Crippen molar-refractivity contribution >= 4 is 16.7 Å². The lowest BCUT2D eigenvalue weighted by molar-refractivity contribution is 0.312. The summed E-state index contributed by atoms with van der Waals surface area (Å²) < 4.78 is 0. The number of H-pyrrole nitrogens is 1. The Morgan fingerprint density at radius 1 is 1.00 bits per heavy atom. The van der Waals surface area contributed by atoms with Crippen molar-refractivity contribution in [2.24, 2.45) is 5.92 Å². The van der Waals surface area contributed by atoms with E-state index >= 15 is 0 Å². The number of rotatable bonds is 2. The van der Waals surface area contributed by atoms with Crippen molar-refractivity contribution in [3.05, 3.63) is 47.3 Å². The van der Waals surface area contributed by atoms with E-state index in [1.807, 2.05) is 12.4 Å². The third kappa shape index (κ3) is 4.02. The molecular formula is C25H30N4. The van der Waals surface area contributed by atoms with Crippen LogP contribution in [0.3, 0.4) is 0 Å². The van der Waals surface area contributed by atoms with Gasteiger partial charge in [-0.1, -0.05) is 25.7 Å². The van der Waals surface area contributed by atoms with Crippen LogP contribution >= 0.6 is 0 Å². The van der Waals surface area contributed by atoms with E-state index in [4.69, 9.17) is 0 Å². The van der Waals surface area contributed by atoms with Crippen LogP contribution < -0.4 is 4.90 Å². The molecule has 0 amide bonds. The van der Waals surface area contributed by atoms with Crippen molar-refractivity contribution in [1.29, 1.82) is 0 Å². The van der Waals surface area contributed by atoms with Crippen LogP contribution in [0, 0.1) is 31.6 Å². The average Bonchev–Trinajstić information content (AvgIpc) is 3.09. The number of likely N-dealkylation sites (N-methyl/N-ethyl adjacent to an activating group) is 1. The van der Waals surface area contributed by atoms with Crippen molar-refractivity contribution in [2.45, 2.75) is 27.7 Å². The summed E-state index contributed by atoms with van der Waals surface area (Å²) in [7, 11) is 2.20. The van der Waals surface area contributed by atoms with Gasteiger partial charge < -0.3 is 14.8 Å². The zero-order chi connectivity index (χ0) is 20.5. The molecule has 4 heteroatoms. The van der Waals surface area contributed by atoms with E-state index in [1.165, 1.54) is 22.4 Å². The molecule has 1 aliphatic rings. The van der Waals surface area contributed by atoms with E-state index in [-0.39, 0.29) is 0 Å². The summed E-state index contributed by atoms with van der Waals surface area (Å²) in [4.78, 5) is 12.8. The Balaban J connectivity index is 1.71. The molecule has 29 heavy (non-hydrogen) atoms. The van der Waals surface area contributed by atoms with Crippen LogP contribution in [-0.4, -0.2) is 48.1 Å². The molecule has 0 saturated carbocycles. The molecule has 150 valence electrons. The van der Waals surface area contributed by atoms with Gasteiger partial charge >= 0.3 is 0 Å². The number of aromatic amines is 1. The van der Waals surface area contributed by atoms with Crippen molar-refractivity contribution in [3.8, 4) is 23.0 Å². The standard InChI is InChI=1S/C25H30N4/c1-17(2)6-7-20-15-26-25-23(20)14-22(16-27-25)21-12-18(3)24(19(4)13-21)29-10-8-28(5)9-11-29/h12-17H,8-11H2,1-5H3,(H,26,27). The van der Waals surface area contributed by atoms with Gasteiger partial charge in [0.1, 0.15) is 5.65 Å². The maximum absolute atomic E-state index is 4.65. The van der Waals surface area contributed by atoms with E-state index in [0.29, 0.717) is 5.92 Å². The van der Waals surface area contributed by atoms with Gasteiger partial charge in [-0.25, -0.2) is 4.98 Å². The lowest BCUT2D eigenvalue weighted by atomic mass is 9.98. The van der Waals surface area contributed by atoms with E-state index in [1.54, 1.807) is 0 Å². The van der Waals surface area contributed by atoms with Gasteiger partial charge in [-0.05, 0) is 55.8 Å². The van der Waals surface area contributed by atoms with Gasteiger partial charge in [-0.3, -0.25) is 0 Å². The molecule has 4 nitrogen and oxygen atoms in total. The van der Waals surface area contributed by atoms with Crippen LogP contribution in [0.5, 0.6) is 0 Å². The van der Waals surface area contributed by atoms with Crippen molar-refractivity contribution in [3.63, 3.8) is 0 Å². The van der Waals surface area contributed by atoms with E-state index in [0.717, 1.165) is 48.3 Å². The van der Waals surface area contributed by atoms with Gasteiger partial charge in [0.05, 0.1) is 5.56 Å². The molecule has 0 aliphatic carbocycles. The molecule has 3 aromatic rings. The number of nitrogens with zero attached hydrogens (tertiary/aromatic N) is 3. The summed E-state index contributed by atoms with van der Waals surface area (Å²) in [5.41, 5.74) is 8.32. The first-order chi connectivity index (χ1) is 13.9. The minimum atomic E-state index is 0.350. The van der Waals surface area contributed by atoms with Crippen LogP contribution in [-0.2, 0) is 0 Å². The zero-order valence-corrected chi connectivity index (χ0v) is 18.1. The second-order valence-corrected chi connectivity index (χ2v) is 8.50. The number of nitrogens with one attached hydrogen (secondary N) is 1. The van der Waals surface area contributed by atoms with E-state index in [2.05, 4.69) is 84.6 Å². The number of aryl methyl sites for hydroxylation is 2. The number of hydrogen-bond donors (Lipinski definition) is 1. The minimum absolute atomic E-state index is 0.350. The predicted octanol–water partition coefficient (Wildman–Crippen LogP) is 4.61. The highest BCUT2D eigenvalue weighted by atomic mass is 15.2. The van der Waals surface area contributed by atoms with Gasteiger partial charge in [0, 0.05) is 61.1 Å². The van der Waals surface area contributed by atoms with Gasteiger partial charge in [0.15, 0.2) is 0 Å². The maximum atomic E-state index is 4.65. The number of pyridine rings is 1. The largest absolute Gasteiger partial charge is 0.369 e. The zero-order valence-electron chi connectivity index (χ0n) is 18.1. The number of aromatic nitrogens is 2. The van der Waals surface area contributed by atoms with Crippen molar-refractivity contribution in [1.82, 2.24) is 14.9 Å². The first kappa shape index (κ1) is 19.5. The molecule has 1 fully saturated rings. The summed E-state index contributed by atoms with van der Waals surface area (Å²) in [5, 5.41) is 1.09. The highest BCUT2D eigenvalue weighted by molar-refractivity contribution is 5.87. The fourth-order valence-corrected chi connectivity index (χ4v) is 4.14. The van der Waals surface area contributed by atoms with Crippen LogP contribution in [0.15, 0.2) is 30.6 Å². The Kier molecular flexibility index (Phi) is 5.34. The fraction of sp³-hybridized carbons (Fsp3) is 0.400. The third-order valence-electron chi connectivity index (χ3n) is 5.67. The van der Waals surface area contributed by atoms with Crippen molar-refractivity contribution < 1.29 is 0 Å². The molecule has 0 bridgehead atoms. The summed E-state index contributed by atoms with van der Waals surface area (Å²) in [6, 6.07) is 6.82. The smallest absolute Gasteiger partial charge is 0.138 e. The summed E-state index contributed by atoms with van der Waals surface area (Å²) in [6.07, 6.45) is 3.92. The molecule has 1 N–H and O–H groups in total. The molecule has 2 aromatic heterocycles. The summed E-state index contributed by atoms with van der Waals surface area (Å²) in [5.74, 6) is 6.90. The monoisotopic (exact) mass is 386 g/mol. The average molecular weight is 387 g/mol. The van der Waals surface area contributed by atoms with Crippen LogP contribution in [0.2, 0.25) is 0 Å². The van der Waals surface area contributed by atoms with Crippen LogP contribution in [0.25, 0.3) is 22.2 Å². The lowest BCUT2D eigenvalue weighted by Crippen LogP contribution is -2.45. The summed E-state index contributed by atoms with van der Waals surface area (Å²) in [6.45, 7) is 13.1. The number of fused-ring (bicyclic) bond motifs is 1. The Hall–Kier alpha value is -2.77. The van der Waals surface area contributed by atoms with E-state index < -0.39 is 0 Å². The topological polar surface area (TPSA) is 35.2 Å². The molecule has 3 heterocycles. The highest BCUT2D eigenvalue weighted by Crippen LogP contribution is 2.32. The Bertz CT molecular complexity index is 1070. The predicted molar refractivity (Wildman–Crippen MR) is 122 cm³/mol. The minimum Gasteiger partial charge on any atom is -0.369 e. The number of piperazine rings is 1. The van der Waals surface area contributed by atoms with Gasteiger partial charge in [0.25, 0.3) is 0 Å². The number of hydrogen-bond acceptors (Lipinski definition) is 3. The van der Waals surface area contributed by atoms with Gasteiger partial charge in [-0.15, -0.1) is 0 Å². The Morgan fingerprint density at radius 2 is 1.69 bits per heavy atom. The Morgan fingerprint density at radius 3 is 2.34 bits per heavy atom. The molecule has 1 aromatic carbocycles. The molecule has 0 radical (unpaired) electrons. The van der Waals surface area contributed by atoms with Crippen LogP contribution in [0.4, 0.5) is 5.69 Å².